The molecule has 0 aliphatic carbocycles. The van der Waals surface area contributed by atoms with Crippen LogP contribution in [0.5, 0.6) is 0 Å². The summed E-state index contributed by atoms with van der Waals surface area (Å²) in [5.74, 6) is 0. The van der Waals surface area contributed by atoms with Crippen molar-refractivity contribution in [2.24, 2.45) is 5.29 Å². The Hall–Kier alpha value is -1.43. The van der Waals surface area contributed by atoms with E-state index in [0.29, 0.717) is 0 Å². The van der Waals surface area contributed by atoms with Crippen molar-refractivity contribution in [3.63, 3.8) is 0 Å². The molecule has 0 aromatic heterocycles. The molecule has 0 fully saturated rings. The minimum atomic E-state index is -3.74. The molecular weight excluding hydrogens is 180 g/mol. The number of nitroso groups, excluding NO2 is 1. The molecule has 1 aromatic carbocycles. The molecule has 0 aliphatic heterocycles. The smallest absolute Gasteiger partial charge is 0.200 e. The second kappa shape index (κ2) is 3.31. The molecule has 0 radical (unpaired) electrons. The SMILES string of the molecule is O=NNS(=O)(=O)c1ccccc1. The second-order valence-corrected chi connectivity index (χ2v) is 3.66. The first-order chi connectivity index (χ1) is 5.67. The van der Waals surface area contributed by atoms with Gasteiger partial charge in [-0.05, 0) is 12.1 Å². The van der Waals surface area contributed by atoms with Gasteiger partial charge in [-0.3, -0.25) is 0 Å². The van der Waals surface area contributed by atoms with E-state index in [1.165, 1.54) is 17.0 Å². The summed E-state index contributed by atoms with van der Waals surface area (Å²) >= 11 is 0. The summed E-state index contributed by atoms with van der Waals surface area (Å²) in [4.78, 5) is 11.2. The van der Waals surface area contributed by atoms with Crippen molar-refractivity contribution >= 4 is 10.0 Å². The topological polar surface area (TPSA) is 75.6 Å². The predicted molar refractivity (Wildman–Crippen MR) is 42.6 cm³/mol. The van der Waals surface area contributed by atoms with E-state index in [4.69, 9.17) is 0 Å². The van der Waals surface area contributed by atoms with E-state index in [0.717, 1.165) is 0 Å². The highest BCUT2D eigenvalue weighted by molar-refractivity contribution is 7.89. The van der Waals surface area contributed by atoms with Crippen LogP contribution in [0.4, 0.5) is 0 Å². The van der Waals surface area contributed by atoms with Gasteiger partial charge in [0.15, 0.2) is 0 Å². The van der Waals surface area contributed by atoms with Gasteiger partial charge in [-0.2, -0.15) is 13.2 Å². The van der Waals surface area contributed by atoms with Crippen molar-refractivity contribution in [2.45, 2.75) is 4.90 Å². The maximum atomic E-state index is 11.0. The lowest BCUT2D eigenvalue weighted by molar-refractivity contribution is 0.584. The van der Waals surface area contributed by atoms with Crippen LogP contribution in [-0.4, -0.2) is 8.42 Å². The molecule has 1 N–H and O–H groups in total. The highest BCUT2D eigenvalue weighted by Crippen LogP contribution is 2.06. The van der Waals surface area contributed by atoms with Crippen molar-refractivity contribution in [1.29, 1.82) is 0 Å². The van der Waals surface area contributed by atoms with Gasteiger partial charge in [0.1, 0.15) is 0 Å². The number of hydrogen-bond acceptors (Lipinski definition) is 4. The number of hydrogen-bond donors (Lipinski definition) is 1. The third-order valence-corrected chi connectivity index (χ3v) is 2.42. The summed E-state index contributed by atoms with van der Waals surface area (Å²) in [6, 6.07) is 7.52. The molecule has 6 heteroatoms. The molecule has 0 bridgehead atoms. The largest absolute Gasteiger partial charge is 0.279 e. The Kier molecular flexibility index (Phi) is 2.39. The van der Waals surface area contributed by atoms with Gasteiger partial charge in [0.2, 0.25) is 0 Å². The molecule has 0 saturated carbocycles. The van der Waals surface area contributed by atoms with Gasteiger partial charge in [0, 0.05) is 0 Å². The van der Waals surface area contributed by atoms with Crippen LogP contribution in [0, 0.1) is 4.91 Å². The second-order valence-electron chi connectivity index (χ2n) is 2.00. The monoisotopic (exact) mass is 186 g/mol. The van der Waals surface area contributed by atoms with E-state index in [1.54, 1.807) is 18.2 Å². The lowest BCUT2D eigenvalue weighted by atomic mass is 10.4. The maximum absolute atomic E-state index is 11.0. The van der Waals surface area contributed by atoms with Gasteiger partial charge in [-0.1, -0.05) is 18.2 Å². The Bertz CT molecular complexity index is 360. The molecule has 64 valence electrons. The molecule has 0 saturated heterocycles. The molecule has 0 heterocycles. The van der Waals surface area contributed by atoms with Gasteiger partial charge in [0.25, 0.3) is 10.0 Å². The van der Waals surface area contributed by atoms with E-state index in [2.05, 4.69) is 5.29 Å². The predicted octanol–water partition coefficient (Wildman–Crippen LogP) is 0.646. The van der Waals surface area contributed by atoms with E-state index < -0.39 is 10.0 Å². The minimum absolute atomic E-state index is 0.0181. The first-order valence-electron chi connectivity index (χ1n) is 3.06. The Labute approximate surface area is 69.4 Å². The number of nitrogens with zero attached hydrogens (tertiary/aromatic N) is 1. The molecule has 0 unspecified atom stereocenters. The molecule has 1 aromatic rings. The Morgan fingerprint density at radius 1 is 1.17 bits per heavy atom. The van der Waals surface area contributed by atoms with Crippen molar-refractivity contribution in [2.75, 3.05) is 0 Å². The maximum Gasteiger partial charge on any atom is 0.279 e. The molecule has 0 aliphatic rings. The van der Waals surface area contributed by atoms with Gasteiger partial charge >= 0.3 is 0 Å². The summed E-state index contributed by atoms with van der Waals surface area (Å²) in [6.45, 7) is 0. The summed E-state index contributed by atoms with van der Waals surface area (Å²) in [5, 5.41) is 2.10. The minimum Gasteiger partial charge on any atom is -0.200 e. The number of nitrogens with one attached hydrogen (secondary N) is 1. The van der Waals surface area contributed by atoms with Crippen LogP contribution >= 0.6 is 0 Å². The highest BCUT2D eigenvalue weighted by atomic mass is 32.2. The Morgan fingerprint density at radius 3 is 2.25 bits per heavy atom. The number of benzene rings is 1. The third kappa shape index (κ3) is 1.79. The average molecular weight is 186 g/mol. The summed E-state index contributed by atoms with van der Waals surface area (Å²) in [7, 11) is -3.74. The Morgan fingerprint density at radius 2 is 1.75 bits per heavy atom. The van der Waals surface area contributed by atoms with Crippen LogP contribution < -0.4 is 4.83 Å². The van der Waals surface area contributed by atoms with Gasteiger partial charge in [-0.15, -0.1) is 4.91 Å². The molecule has 1 rings (SSSR count). The number of sulfonamides is 1. The molecule has 0 amide bonds. The summed E-state index contributed by atoms with van der Waals surface area (Å²) < 4.78 is 22.1. The molecule has 5 nitrogen and oxygen atoms in total. The van der Waals surface area contributed by atoms with E-state index in [-0.39, 0.29) is 4.90 Å². The quantitative estimate of drug-likeness (QED) is 0.556. The van der Waals surface area contributed by atoms with Gasteiger partial charge in [-0.25, -0.2) is 0 Å². The molecule has 0 spiro atoms. The summed E-state index contributed by atoms with van der Waals surface area (Å²) in [5.41, 5.74) is 0. The average Bonchev–Trinajstić information content (AvgIpc) is 2.06. The normalized spacial score (nSPS) is 10.7. The van der Waals surface area contributed by atoms with Crippen molar-refractivity contribution in [3.8, 4) is 0 Å². The lowest BCUT2D eigenvalue weighted by Crippen LogP contribution is -2.16. The zero-order valence-electron chi connectivity index (χ0n) is 5.97. The van der Waals surface area contributed by atoms with Gasteiger partial charge in [0.05, 0.1) is 10.2 Å². The van der Waals surface area contributed by atoms with Crippen molar-refractivity contribution in [3.05, 3.63) is 35.2 Å². The molecule has 0 atom stereocenters. The molecule has 12 heavy (non-hydrogen) atoms. The van der Waals surface area contributed by atoms with Crippen molar-refractivity contribution in [1.82, 2.24) is 4.83 Å². The van der Waals surface area contributed by atoms with E-state index in [9.17, 15) is 13.3 Å². The standard InChI is InChI=1S/C6H6N2O3S/c9-7-8-12(10,11)6-4-2-1-3-5-6/h1-5H,(H,8,9). The summed E-state index contributed by atoms with van der Waals surface area (Å²) in [6.07, 6.45) is 0. The van der Waals surface area contributed by atoms with Crippen LogP contribution in [0.2, 0.25) is 0 Å². The van der Waals surface area contributed by atoms with Crippen LogP contribution in [0.3, 0.4) is 0 Å². The van der Waals surface area contributed by atoms with E-state index >= 15 is 0 Å². The van der Waals surface area contributed by atoms with E-state index in [1.807, 2.05) is 0 Å². The fourth-order valence-corrected chi connectivity index (χ4v) is 1.42. The first kappa shape index (κ1) is 8.66. The van der Waals surface area contributed by atoms with Crippen LogP contribution in [0.25, 0.3) is 0 Å². The zero-order valence-corrected chi connectivity index (χ0v) is 6.78. The van der Waals surface area contributed by atoms with Gasteiger partial charge < -0.3 is 0 Å². The fraction of sp³-hybridized carbons (Fsp3) is 0. The Balaban J connectivity index is 3.07. The highest BCUT2D eigenvalue weighted by Gasteiger charge is 2.11. The lowest BCUT2D eigenvalue weighted by Gasteiger charge is -1.98. The van der Waals surface area contributed by atoms with Crippen LogP contribution in [0.1, 0.15) is 0 Å². The van der Waals surface area contributed by atoms with Crippen LogP contribution in [0.15, 0.2) is 40.5 Å². The molecular formula is C6H6N2O3S. The first-order valence-corrected chi connectivity index (χ1v) is 4.54. The third-order valence-electron chi connectivity index (χ3n) is 1.21. The fourth-order valence-electron chi connectivity index (χ4n) is 0.701. The number of rotatable bonds is 3. The van der Waals surface area contributed by atoms with Crippen molar-refractivity contribution < 1.29 is 8.42 Å². The zero-order chi connectivity index (χ0) is 9.03. The van der Waals surface area contributed by atoms with Crippen LogP contribution in [-0.2, 0) is 10.0 Å².